The summed E-state index contributed by atoms with van der Waals surface area (Å²) >= 11 is 0. The van der Waals surface area contributed by atoms with Crippen LogP contribution < -0.4 is 10.1 Å². The van der Waals surface area contributed by atoms with Crippen LogP contribution in [0.4, 0.5) is 10.1 Å². The van der Waals surface area contributed by atoms with Gasteiger partial charge in [0.1, 0.15) is 17.3 Å². The van der Waals surface area contributed by atoms with E-state index in [9.17, 15) is 14.3 Å². The molecule has 0 heterocycles. The Labute approximate surface area is 115 Å². The van der Waals surface area contributed by atoms with Gasteiger partial charge in [-0.25, -0.2) is 4.39 Å². The van der Waals surface area contributed by atoms with E-state index in [1.54, 1.807) is 25.1 Å². The minimum atomic E-state index is -0.505. The average molecular weight is 275 g/mol. The van der Waals surface area contributed by atoms with Gasteiger partial charge in [-0.3, -0.25) is 4.79 Å². The van der Waals surface area contributed by atoms with Gasteiger partial charge in [0.05, 0.1) is 5.69 Å². The number of ether oxygens (including phenoxy) is 1. The van der Waals surface area contributed by atoms with Gasteiger partial charge >= 0.3 is 0 Å². The van der Waals surface area contributed by atoms with Crippen LogP contribution in [-0.4, -0.2) is 17.6 Å². The molecule has 104 valence electrons. The highest BCUT2D eigenvalue weighted by Crippen LogP contribution is 2.25. The van der Waals surface area contributed by atoms with E-state index >= 15 is 0 Å². The minimum absolute atomic E-state index is 0.0945. The van der Waals surface area contributed by atoms with Crippen molar-refractivity contribution in [2.45, 2.75) is 6.92 Å². The third-order valence-electron chi connectivity index (χ3n) is 2.76. The number of rotatable bonds is 4. The summed E-state index contributed by atoms with van der Waals surface area (Å²) in [5.74, 6) is -0.474. The van der Waals surface area contributed by atoms with Crippen LogP contribution in [0.3, 0.4) is 0 Å². The van der Waals surface area contributed by atoms with Gasteiger partial charge in [-0.2, -0.15) is 0 Å². The molecule has 0 fully saturated rings. The van der Waals surface area contributed by atoms with Crippen LogP contribution in [0.1, 0.15) is 5.56 Å². The molecule has 0 atom stereocenters. The molecule has 2 rings (SSSR count). The SMILES string of the molecule is Cc1c(O)cccc1OCC(=O)Nc1ccccc1F. The van der Waals surface area contributed by atoms with Crippen LogP contribution in [0.25, 0.3) is 0 Å². The minimum Gasteiger partial charge on any atom is -0.508 e. The summed E-state index contributed by atoms with van der Waals surface area (Å²) in [6.07, 6.45) is 0. The molecule has 0 spiro atoms. The average Bonchev–Trinajstić information content (AvgIpc) is 2.43. The zero-order chi connectivity index (χ0) is 14.5. The molecule has 2 aromatic rings. The van der Waals surface area contributed by atoms with Crippen LogP contribution in [0.2, 0.25) is 0 Å². The Balaban J connectivity index is 1.96. The van der Waals surface area contributed by atoms with Crippen LogP contribution in [0.15, 0.2) is 42.5 Å². The molecular formula is C15H14FNO3. The van der Waals surface area contributed by atoms with E-state index in [2.05, 4.69) is 5.32 Å². The van der Waals surface area contributed by atoms with Crippen molar-refractivity contribution in [2.75, 3.05) is 11.9 Å². The first kappa shape index (κ1) is 13.9. The molecule has 1 amide bonds. The van der Waals surface area contributed by atoms with Crippen LogP contribution in [0.5, 0.6) is 11.5 Å². The molecule has 20 heavy (non-hydrogen) atoms. The van der Waals surface area contributed by atoms with E-state index in [-0.39, 0.29) is 18.0 Å². The normalized spacial score (nSPS) is 10.1. The number of phenols is 1. The van der Waals surface area contributed by atoms with Crippen molar-refractivity contribution in [1.82, 2.24) is 0 Å². The third-order valence-corrected chi connectivity index (χ3v) is 2.76. The molecule has 5 heteroatoms. The Morgan fingerprint density at radius 1 is 1.25 bits per heavy atom. The maximum atomic E-state index is 13.3. The first-order valence-electron chi connectivity index (χ1n) is 6.03. The van der Waals surface area contributed by atoms with Gasteiger partial charge in [0, 0.05) is 5.56 Å². The number of halogens is 1. The van der Waals surface area contributed by atoms with Crippen LogP contribution >= 0.6 is 0 Å². The molecule has 0 aliphatic heterocycles. The van der Waals surface area contributed by atoms with E-state index in [0.717, 1.165) is 0 Å². The van der Waals surface area contributed by atoms with E-state index in [4.69, 9.17) is 4.74 Å². The zero-order valence-corrected chi connectivity index (χ0v) is 10.9. The molecule has 0 saturated heterocycles. The second kappa shape index (κ2) is 6.06. The first-order valence-corrected chi connectivity index (χ1v) is 6.03. The summed E-state index contributed by atoms with van der Waals surface area (Å²) < 4.78 is 18.6. The molecule has 2 aromatic carbocycles. The highest BCUT2D eigenvalue weighted by atomic mass is 19.1. The van der Waals surface area contributed by atoms with Crippen LogP contribution in [0, 0.1) is 12.7 Å². The van der Waals surface area contributed by atoms with Crippen molar-refractivity contribution in [2.24, 2.45) is 0 Å². The molecular weight excluding hydrogens is 261 g/mol. The van der Waals surface area contributed by atoms with Gasteiger partial charge in [0.25, 0.3) is 5.91 Å². The van der Waals surface area contributed by atoms with Gasteiger partial charge in [-0.05, 0) is 31.2 Å². The quantitative estimate of drug-likeness (QED) is 0.902. The number of carbonyl (C=O) groups excluding carboxylic acids is 1. The van der Waals surface area contributed by atoms with Gasteiger partial charge in [0.2, 0.25) is 0 Å². The highest BCUT2D eigenvalue weighted by Gasteiger charge is 2.09. The number of benzene rings is 2. The van der Waals surface area contributed by atoms with E-state index < -0.39 is 11.7 Å². The summed E-state index contributed by atoms with van der Waals surface area (Å²) in [7, 11) is 0. The summed E-state index contributed by atoms with van der Waals surface area (Å²) in [6, 6.07) is 10.7. The Bertz CT molecular complexity index is 628. The van der Waals surface area contributed by atoms with Gasteiger partial charge in [-0.1, -0.05) is 18.2 Å². The van der Waals surface area contributed by atoms with Crippen molar-refractivity contribution >= 4 is 11.6 Å². The number of phenolic OH excluding ortho intramolecular Hbond substituents is 1. The Morgan fingerprint density at radius 3 is 2.75 bits per heavy atom. The molecule has 4 nitrogen and oxygen atoms in total. The van der Waals surface area contributed by atoms with Crippen molar-refractivity contribution in [3.8, 4) is 11.5 Å². The second-order valence-corrected chi connectivity index (χ2v) is 4.22. The lowest BCUT2D eigenvalue weighted by atomic mass is 10.2. The fraction of sp³-hybridized carbons (Fsp3) is 0.133. The molecule has 0 unspecified atom stereocenters. The Kier molecular flexibility index (Phi) is 4.20. The Hall–Kier alpha value is -2.56. The maximum absolute atomic E-state index is 13.3. The lowest BCUT2D eigenvalue weighted by Crippen LogP contribution is -2.21. The van der Waals surface area contributed by atoms with Gasteiger partial charge in [-0.15, -0.1) is 0 Å². The number of hydrogen-bond acceptors (Lipinski definition) is 3. The zero-order valence-electron chi connectivity index (χ0n) is 10.9. The third kappa shape index (κ3) is 3.26. The fourth-order valence-electron chi connectivity index (χ4n) is 1.65. The topological polar surface area (TPSA) is 58.6 Å². The van der Waals surface area contributed by atoms with Crippen molar-refractivity contribution in [3.05, 3.63) is 53.8 Å². The van der Waals surface area contributed by atoms with Crippen molar-refractivity contribution in [3.63, 3.8) is 0 Å². The van der Waals surface area contributed by atoms with E-state index in [0.29, 0.717) is 11.3 Å². The summed E-state index contributed by atoms with van der Waals surface area (Å²) in [4.78, 5) is 11.7. The molecule has 2 N–H and O–H groups in total. The van der Waals surface area contributed by atoms with E-state index in [1.807, 2.05) is 0 Å². The molecule has 0 aliphatic carbocycles. The summed E-state index contributed by atoms with van der Waals surface area (Å²) in [6.45, 7) is 1.41. The number of hydrogen-bond donors (Lipinski definition) is 2. The number of amides is 1. The standard InChI is InChI=1S/C15H14FNO3/c1-10-13(18)7-4-8-14(10)20-9-15(19)17-12-6-3-2-5-11(12)16/h2-8,18H,9H2,1H3,(H,17,19). The number of anilines is 1. The summed E-state index contributed by atoms with van der Waals surface area (Å²) in [5, 5.41) is 11.9. The predicted molar refractivity (Wildman–Crippen MR) is 73.4 cm³/mol. The fourth-order valence-corrected chi connectivity index (χ4v) is 1.65. The highest BCUT2D eigenvalue weighted by molar-refractivity contribution is 5.92. The number of carbonyl (C=O) groups is 1. The largest absolute Gasteiger partial charge is 0.508 e. The van der Waals surface area contributed by atoms with Crippen molar-refractivity contribution in [1.29, 1.82) is 0 Å². The van der Waals surface area contributed by atoms with Crippen molar-refractivity contribution < 1.29 is 19.0 Å². The lowest BCUT2D eigenvalue weighted by Gasteiger charge is -2.10. The molecule has 0 saturated carbocycles. The molecule has 0 radical (unpaired) electrons. The second-order valence-electron chi connectivity index (χ2n) is 4.22. The van der Waals surface area contributed by atoms with Crippen LogP contribution in [-0.2, 0) is 4.79 Å². The molecule has 0 bridgehead atoms. The smallest absolute Gasteiger partial charge is 0.262 e. The Morgan fingerprint density at radius 2 is 2.00 bits per heavy atom. The maximum Gasteiger partial charge on any atom is 0.262 e. The number of para-hydroxylation sites is 1. The molecule has 0 aliphatic rings. The lowest BCUT2D eigenvalue weighted by molar-refractivity contribution is -0.118. The number of nitrogens with one attached hydrogen (secondary N) is 1. The van der Waals surface area contributed by atoms with E-state index in [1.165, 1.54) is 24.3 Å². The number of aromatic hydroxyl groups is 1. The summed E-state index contributed by atoms with van der Waals surface area (Å²) in [5.41, 5.74) is 0.653. The predicted octanol–water partition coefficient (Wildman–Crippen LogP) is 2.86. The molecule has 0 aromatic heterocycles. The monoisotopic (exact) mass is 275 g/mol. The first-order chi connectivity index (χ1) is 9.58. The van der Waals surface area contributed by atoms with Gasteiger partial charge in [0.15, 0.2) is 6.61 Å². The van der Waals surface area contributed by atoms with Gasteiger partial charge < -0.3 is 15.2 Å².